The molecule has 26 heavy (non-hydrogen) atoms. The number of carbonyl (C=O) groups is 1. The molecule has 0 bridgehead atoms. The zero-order valence-corrected chi connectivity index (χ0v) is 15.9. The minimum atomic E-state index is -0.138. The molecule has 0 aromatic heterocycles. The molecule has 0 aliphatic carbocycles. The molecular weight excluding hydrogens is 346 g/mol. The number of ether oxygens (including phenoxy) is 1. The van der Waals surface area contributed by atoms with Gasteiger partial charge in [0, 0.05) is 12.1 Å². The van der Waals surface area contributed by atoms with Crippen LogP contribution in [0.3, 0.4) is 0 Å². The van der Waals surface area contributed by atoms with E-state index < -0.39 is 0 Å². The number of nitrogens with one attached hydrogen (secondary N) is 3. The van der Waals surface area contributed by atoms with Crippen LogP contribution < -0.4 is 20.9 Å². The quantitative estimate of drug-likeness (QED) is 0.390. The molecule has 0 heterocycles. The zero-order valence-electron chi connectivity index (χ0n) is 15.1. The average Bonchev–Trinajstić information content (AvgIpc) is 2.65. The van der Waals surface area contributed by atoms with Gasteiger partial charge < -0.3 is 10.1 Å². The van der Waals surface area contributed by atoms with E-state index >= 15 is 0 Å². The molecule has 0 radical (unpaired) electrons. The van der Waals surface area contributed by atoms with Crippen molar-refractivity contribution in [3.05, 3.63) is 60.2 Å². The fourth-order valence-electron chi connectivity index (χ4n) is 2.24. The van der Waals surface area contributed by atoms with Gasteiger partial charge in [-0.2, -0.15) is 0 Å². The Kier molecular flexibility index (Phi) is 7.89. The van der Waals surface area contributed by atoms with Crippen molar-refractivity contribution in [1.29, 1.82) is 0 Å². The molecule has 0 aliphatic rings. The number of thiocarbonyl (C=S) groups is 1. The van der Waals surface area contributed by atoms with Crippen molar-refractivity contribution in [2.24, 2.45) is 0 Å². The van der Waals surface area contributed by atoms with E-state index in [9.17, 15) is 4.79 Å². The summed E-state index contributed by atoms with van der Waals surface area (Å²) in [6.07, 6.45) is 0.977. The number of para-hydroxylation sites is 1. The predicted molar refractivity (Wildman–Crippen MR) is 109 cm³/mol. The van der Waals surface area contributed by atoms with E-state index in [-0.39, 0.29) is 5.91 Å². The molecule has 0 atom stereocenters. The predicted octanol–water partition coefficient (Wildman–Crippen LogP) is 3.99. The van der Waals surface area contributed by atoms with Gasteiger partial charge in [0.2, 0.25) is 5.91 Å². The van der Waals surface area contributed by atoms with Crippen molar-refractivity contribution in [3.8, 4) is 5.75 Å². The van der Waals surface area contributed by atoms with Crippen LogP contribution in [0, 0.1) is 0 Å². The third-order valence-corrected chi connectivity index (χ3v) is 3.91. The average molecular weight is 372 g/mol. The Morgan fingerprint density at radius 2 is 1.73 bits per heavy atom. The molecule has 0 fully saturated rings. The van der Waals surface area contributed by atoms with Crippen molar-refractivity contribution in [2.75, 3.05) is 11.9 Å². The smallest absolute Gasteiger partial charge is 0.238 e. The van der Waals surface area contributed by atoms with Crippen molar-refractivity contribution in [3.63, 3.8) is 0 Å². The number of benzene rings is 2. The Hall–Kier alpha value is -2.60. The largest absolute Gasteiger partial charge is 0.494 e. The molecule has 0 aliphatic heterocycles. The van der Waals surface area contributed by atoms with Gasteiger partial charge in [-0.25, -0.2) is 0 Å². The van der Waals surface area contributed by atoms with Crippen LogP contribution in [0.5, 0.6) is 5.75 Å². The van der Waals surface area contributed by atoms with Crippen molar-refractivity contribution >= 4 is 28.9 Å². The normalized spacial score (nSPS) is 10.3. The Balaban J connectivity index is 1.61. The third kappa shape index (κ3) is 7.11. The minimum absolute atomic E-state index is 0.138. The second-order valence-corrected chi connectivity index (χ2v) is 6.58. The molecule has 2 aromatic carbocycles. The van der Waals surface area contributed by atoms with Gasteiger partial charge in [0.15, 0.2) is 5.11 Å². The summed E-state index contributed by atoms with van der Waals surface area (Å²) in [4.78, 5) is 11.8. The first-order chi connectivity index (χ1) is 12.5. The van der Waals surface area contributed by atoms with Crippen LogP contribution in [0.15, 0.2) is 54.6 Å². The molecule has 3 N–H and O–H groups in total. The summed E-state index contributed by atoms with van der Waals surface area (Å²) in [7, 11) is 0. The number of hydrogen-bond acceptors (Lipinski definition) is 3. The fourth-order valence-corrected chi connectivity index (χ4v) is 2.41. The zero-order chi connectivity index (χ0) is 18.8. The Bertz CT molecular complexity index is 703. The van der Waals surface area contributed by atoms with E-state index in [2.05, 4.69) is 42.1 Å². The molecule has 0 unspecified atom stereocenters. The summed E-state index contributed by atoms with van der Waals surface area (Å²) in [5.41, 5.74) is 7.43. The van der Waals surface area contributed by atoms with Crippen LogP contribution in [0.4, 0.5) is 5.69 Å². The summed E-state index contributed by atoms with van der Waals surface area (Å²) in [6.45, 7) is 4.78. The lowest BCUT2D eigenvalue weighted by Crippen LogP contribution is -2.43. The number of hydrogen-bond donors (Lipinski definition) is 3. The standard InChI is InChI=1S/C20H25N3O2S/c1-15(2)16-10-12-17(13-11-16)21-20(26)23-22-19(24)9-6-14-25-18-7-4-3-5-8-18/h3-5,7-8,10-13,15H,6,9,14H2,1-2H3,(H,22,24)(H2,21,23,26). The molecule has 1 amide bonds. The molecule has 2 rings (SSSR count). The van der Waals surface area contributed by atoms with Crippen LogP contribution in [-0.2, 0) is 4.79 Å². The van der Waals surface area contributed by atoms with Crippen LogP contribution in [-0.4, -0.2) is 17.6 Å². The molecule has 138 valence electrons. The maximum absolute atomic E-state index is 11.8. The lowest BCUT2D eigenvalue weighted by Gasteiger charge is -2.12. The molecule has 6 heteroatoms. The molecule has 5 nitrogen and oxygen atoms in total. The number of amides is 1. The Morgan fingerprint density at radius 1 is 1.04 bits per heavy atom. The molecule has 0 saturated heterocycles. The first-order valence-electron chi connectivity index (χ1n) is 8.68. The van der Waals surface area contributed by atoms with E-state index in [0.29, 0.717) is 30.5 Å². The molecular formula is C20H25N3O2S. The Morgan fingerprint density at radius 3 is 2.38 bits per heavy atom. The van der Waals surface area contributed by atoms with Crippen molar-refractivity contribution in [2.45, 2.75) is 32.6 Å². The van der Waals surface area contributed by atoms with Crippen LogP contribution in [0.25, 0.3) is 0 Å². The summed E-state index contributed by atoms with van der Waals surface area (Å²) in [6, 6.07) is 17.6. The molecule has 2 aromatic rings. The van der Waals surface area contributed by atoms with Gasteiger partial charge in [-0.1, -0.05) is 44.2 Å². The highest BCUT2D eigenvalue weighted by molar-refractivity contribution is 7.80. The van der Waals surface area contributed by atoms with Gasteiger partial charge in [-0.05, 0) is 54.4 Å². The van der Waals surface area contributed by atoms with Crippen molar-refractivity contribution in [1.82, 2.24) is 10.9 Å². The number of rotatable bonds is 7. The molecule has 0 spiro atoms. The number of hydrazine groups is 1. The number of anilines is 1. The van der Waals surface area contributed by atoms with Gasteiger partial charge in [-0.15, -0.1) is 0 Å². The topological polar surface area (TPSA) is 62.4 Å². The minimum Gasteiger partial charge on any atom is -0.494 e. The van der Waals surface area contributed by atoms with Crippen LogP contribution in [0.1, 0.15) is 38.2 Å². The third-order valence-electron chi connectivity index (χ3n) is 3.71. The first-order valence-corrected chi connectivity index (χ1v) is 9.09. The second-order valence-electron chi connectivity index (χ2n) is 6.17. The fraction of sp³-hybridized carbons (Fsp3) is 0.300. The van der Waals surface area contributed by atoms with E-state index in [1.807, 2.05) is 42.5 Å². The van der Waals surface area contributed by atoms with E-state index in [1.54, 1.807) is 0 Å². The number of carbonyl (C=O) groups excluding carboxylic acids is 1. The summed E-state index contributed by atoms with van der Waals surface area (Å²) < 4.78 is 5.55. The van der Waals surface area contributed by atoms with Gasteiger partial charge >= 0.3 is 0 Å². The van der Waals surface area contributed by atoms with Crippen LogP contribution in [0.2, 0.25) is 0 Å². The summed E-state index contributed by atoms with van der Waals surface area (Å²) in [5.74, 6) is 1.15. The van der Waals surface area contributed by atoms with Crippen molar-refractivity contribution < 1.29 is 9.53 Å². The van der Waals surface area contributed by atoms with E-state index in [0.717, 1.165) is 11.4 Å². The summed E-state index contributed by atoms with van der Waals surface area (Å²) in [5, 5.41) is 3.38. The Labute approximate surface area is 160 Å². The van der Waals surface area contributed by atoms with Gasteiger partial charge in [0.05, 0.1) is 6.61 Å². The molecule has 0 saturated carbocycles. The highest BCUT2D eigenvalue weighted by Crippen LogP contribution is 2.16. The lowest BCUT2D eigenvalue weighted by atomic mass is 10.0. The van der Waals surface area contributed by atoms with E-state index in [4.69, 9.17) is 17.0 Å². The van der Waals surface area contributed by atoms with Gasteiger partial charge in [0.1, 0.15) is 5.75 Å². The van der Waals surface area contributed by atoms with Gasteiger partial charge in [0.25, 0.3) is 0 Å². The first kappa shape index (κ1) is 19.7. The second kappa shape index (κ2) is 10.4. The maximum atomic E-state index is 11.8. The highest BCUT2D eigenvalue weighted by atomic mass is 32.1. The van der Waals surface area contributed by atoms with E-state index in [1.165, 1.54) is 5.56 Å². The van der Waals surface area contributed by atoms with Gasteiger partial charge in [-0.3, -0.25) is 15.6 Å². The lowest BCUT2D eigenvalue weighted by molar-refractivity contribution is -0.121. The summed E-state index contributed by atoms with van der Waals surface area (Å²) >= 11 is 5.18. The highest BCUT2D eigenvalue weighted by Gasteiger charge is 2.04. The SMILES string of the molecule is CC(C)c1ccc(NC(=S)NNC(=O)CCCOc2ccccc2)cc1. The van der Waals surface area contributed by atoms with Crippen LogP contribution >= 0.6 is 12.2 Å². The maximum Gasteiger partial charge on any atom is 0.238 e. The monoisotopic (exact) mass is 371 g/mol.